The number of hydrogen-bond donors (Lipinski definition) is 3. The molecule has 7 heterocycles. The Balaban J connectivity index is 0.781. The summed E-state index contributed by atoms with van der Waals surface area (Å²) >= 11 is 0. The maximum absolute atomic E-state index is 13.3. The van der Waals surface area contributed by atoms with Gasteiger partial charge < -0.3 is 30.7 Å². The number of nitrogens with one attached hydrogen (secondary N) is 2. The zero-order valence-electron chi connectivity index (χ0n) is 32.4. The van der Waals surface area contributed by atoms with Crippen molar-refractivity contribution in [2.75, 3.05) is 74.5 Å². The third-order valence-corrected chi connectivity index (χ3v) is 12.7. The second-order valence-electron chi connectivity index (χ2n) is 16.2. The first-order valence-electron chi connectivity index (χ1n) is 20.2. The molecule has 2 atom stereocenters. The van der Waals surface area contributed by atoms with Gasteiger partial charge in [-0.1, -0.05) is 12.1 Å². The van der Waals surface area contributed by atoms with Crippen LogP contribution in [0.15, 0.2) is 48.7 Å². The summed E-state index contributed by atoms with van der Waals surface area (Å²) in [4.78, 5) is 96.3. The van der Waals surface area contributed by atoms with Crippen molar-refractivity contribution in [3.05, 3.63) is 71.0 Å². The lowest BCUT2D eigenvalue weighted by Gasteiger charge is -2.47. The fourth-order valence-corrected chi connectivity index (χ4v) is 9.37. The van der Waals surface area contributed by atoms with Gasteiger partial charge in [0.15, 0.2) is 11.5 Å². The van der Waals surface area contributed by atoms with E-state index in [0.29, 0.717) is 42.2 Å². The molecule has 6 aliphatic heterocycles. The van der Waals surface area contributed by atoms with E-state index in [-0.39, 0.29) is 36.2 Å². The van der Waals surface area contributed by atoms with Crippen LogP contribution in [-0.4, -0.2) is 143 Å². The molecule has 302 valence electrons. The van der Waals surface area contributed by atoms with Gasteiger partial charge in [0.25, 0.3) is 17.7 Å². The molecule has 7 amide bonds. The summed E-state index contributed by atoms with van der Waals surface area (Å²) in [5.74, 6) is -1.34. The number of piperidine rings is 3. The molecule has 2 aromatic carbocycles. The van der Waals surface area contributed by atoms with E-state index >= 15 is 0 Å². The zero-order chi connectivity index (χ0) is 40.2. The van der Waals surface area contributed by atoms with Crippen molar-refractivity contribution in [1.82, 2.24) is 34.9 Å². The maximum atomic E-state index is 13.3. The van der Waals surface area contributed by atoms with Crippen molar-refractivity contribution >= 4 is 58.6 Å². The number of anilines is 4. The first kappa shape index (κ1) is 37.5. The molecule has 0 aliphatic carbocycles. The van der Waals surface area contributed by atoms with E-state index in [1.165, 1.54) is 5.56 Å². The Morgan fingerprint density at radius 2 is 1.59 bits per heavy atom. The molecule has 3 aromatic rings. The van der Waals surface area contributed by atoms with Crippen LogP contribution < -0.4 is 26.2 Å². The zero-order valence-corrected chi connectivity index (χ0v) is 32.4. The highest BCUT2D eigenvalue weighted by atomic mass is 16.2. The lowest BCUT2D eigenvalue weighted by Crippen LogP contribution is -2.54. The van der Waals surface area contributed by atoms with Crippen molar-refractivity contribution < 1.29 is 28.8 Å². The number of nitrogens with zero attached hydrogens (tertiary/aromatic N) is 8. The Kier molecular flexibility index (Phi) is 9.70. The van der Waals surface area contributed by atoms with E-state index in [9.17, 15) is 28.8 Å². The number of fused-ring (bicyclic) bond motifs is 1. The number of aromatic nitrogens is 2. The van der Waals surface area contributed by atoms with Gasteiger partial charge in [0, 0.05) is 89.2 Å². The smallest absolute Gasteiger partial charge is 0.320 e. The van der Waals surface area contributed by atoms with Crippen LogP contribution in [0.1, 0.15) is 81.2 Å². The highest BCUT2D eigenvalue weighted by Gasteiger charge is 2.45. The number of carbonyl (C=O) groups is 6. The molecule has 1 aromatic heterocycles. The Morgan fingerprint density at radius 1 is 0.828 bits per heavy atom. The van der Waals surface area contributed by atoms with Gasteiger partial charge in [-0.2, -0.15) is 0 Å². The van der Waals surface area contributed by atoms with Gasteiger partial charge in [-0.15, -0.1) is 0 Å². The monoisotopic (exact) mass is 789 g/mol. The SMILES string of the molecule is CN1CCN([C@@H]2CCCN(c3cnc(C(N)=O)c(Nc4ccc(C5CN(C6CCN(c7ccc8c(c7)C(=O)N(C7CCC(=O)NC7=O)C8=O)CC6)C5)cc4)n3)C2)C1=O. The minimum atomic E-state index is -0.981. The summed E-state index contributed by atoms with van der Waals surface area (Å²) in [6.45, 7) is 6.40. The van der Waals surface area contributed by atoms with E-state index in [1.807, 2.05) is 30.1 Å². The summed E-state index contributed by atoms with van der Waals surface area (Å²) in [5, 5.41) is 5.52. The molecule has 5 fully saturated rings. The molecular weight excluding hydrogens is 743 g/mol. The average molecular weight is 790 g/mol. The first-order chi connectivity index (χ1) is 28.0. The van der Waals surface area contributed by atoms with Crippen LogP contribution in [0.2, 0.25) is 0 Å². The van der Waals surface area contributed by atoms with Crippen LogP contribution in [0.4, 0.5) is 27.8 Å². The molecule has 0 saturated carbocycles. The van der Waals surface area contributed by atoms with Crippen LogP contribution in [0.5, 0.6) is 0 Å². The maximum Gasteiger partial charge on any atom is 0.320 e. The van der Waals surface area contributed by atoms with Gasteiger partial charge in [-0.3, -0.25) is 39.1 Å². The van der Waals surface area contributed by atoms with Gasteiger partial charge in [-0.25, -0.2) is 14.8 Å². The highest BCUT2D eigenvalue weighted by molar-refractivity contribution is 6.23. The first-order valence-corrected chi connectivity index (χ1v) is 20.2. The topological polar surface area (TPSA) is 198 Å². The fraction of sp³-hybridized carbons (Fsp3) is 0.463. The van der Waals surface area contributed by atoms with Crippen LogP contribution in [-0.2, 0) is 9.59 Å². The molecule has 0 radical (unpaired) electrons. The van der Waals surface area contributed by atoms with Gasteiger partial charge in [0.1, 0.15) is 11.9 Å². The van der Waals surface area contributed by atoms with E-state index in [0.717, 1.165) is 81.2 Å². The van der Waals surface area contributed by atoms with Crippen LogP contribution in [0.25, 0.3) is 0 Å². The number of nitrogens with two attached hydrogens (primary N) is 1. The Labute approximate surface area is 335 Å². The molecule has 9 rings (SSSR count). The molecule has 58 heavy (non-hydrogen) atoms. The number of likely N-dealkylation sites (tertiary alicyclic amines) is 1. The summed E-state index contributed by atoms with van der Waals surface area (Å²) in [7, 11) is 1.83. The number of benzene rings is 2. The minimum Gasteiger partial charge on any atom is -0.371 e. The second kappa shape index (κ2) is 15.0. The van der Waals surface area contributed by atoms with Crippen LogP contribution in [0.3, 0.4) is 0 Å². The van der Waals surface area contributed by atoms with Gasteiger partial charge in [-0.05, 0) is 68.0 Å². The lowest BCUT2D eigenvalue weighted by molar-refractivity contribution is -0.136. The summed E-state index contributed by atoms with van der Waals surface area (Å²) in [6, 6.07) is 13.1. The molecule has 0 spiro atoms. The van der Waals surface area contributed by atoms with Gasteiger partial charge in [0.05, 0.1) is 23.4 Å². The quantitative estimate of drug-likeness (QED) is 0.268. The number of rotatable bonds is 9. The molecule has 1 unspecified atom stereocenters. The molecule has 0 bridgehead atoms. The fourth-order valence-electron chi connectivity index (χ4n) is 9.37. The standard InChI is InChI=1S/C41H47N11O6/c1-47-17-18-51(41(47)58)29-3-2-14-49(23-29)33-20-43-35(36(42)54)37(45-33)44-26-6-4-24(5-7-26)25-21-50(22-25)27-12-15-48(16-13-27)28-8-9-30-31(19-28)40(57)52(39(30)56)32-10-11-34(53)46-38(32)55/h4-9,19-20,25,27,29,32H,2-3,10-18,21-23H2,1H3,(H2,42,54)(H,44,45)(H,46,53,55)/t29-,32?/m1/s1. The van der Waals surface area contributed by atoms with Crippen molar-refractivity contribution in [2.24, 2.45) is 5.73 Å². The number of carbonyl (C=O) groups excluding carboxylic acids is 6. The van der Waals surface area contributed by atoms with Crippen molar-refractivity contribution in [1.29, 1.82) is 0 Å². The van der Waals surface area contributed by atoms with E-state index in [1.54, 1.807) is 23.2 Å². The number of urea groups is 1. The molecule has 6 aliphatic rings. The lowest BCUT2D eigenvalue weighted by atomic mass is 9.88. The Morgan fingerprint density at radius 3 is 2.29 bits per heavy atom. The van der Waals surface area contributed by atoms with Crippen LogP contribution in [0, 0.1) is 0 Å². The number of hydrogen-bond acceptors (Lipinski definition) is 12. The predicted molar refractivity (Wildman–Crippen MR) is 213 cm³/mol. The van der Waals surface area contributed by atoms with Gasteiger partial charge >= 0.3 is 6.03 Å². The third kappa shape index (κ3) is 6.86. The summed E-state index contributed by atoms with van der Waals surface area (Å²) in [5.41, 5.74) is 9.23. The van der Waals surface area contributed by atoms with E-state index in [2.05, 4.69) is 42.5 Å². The molecule has 17 heteroatoms. The molecule has 5 saturated heterocycles. The summed E-state index contributed by atoms with van der Waals surface area (Å²) < 4.78 is 0. The number of amides is 7. The van der Waals surface area contributed by atoms with Crippen LogP contribution >= 0.6 is 0 Å². The van der Waals surface area contributed by atoms with E-state index < -0.39 is 35.6 Å². The molecule has 17 nitrogen and oxygen atoms in total. The molecule has 4 N–H and O–H groups in total. The largest absolute Gasteiger partial charge is 0.371 e. The number of primary amides is 1. The third-order valence-electron chi connectivity index (χ3n) is 12.7. The Hall–Kier alpha value is -6.10. The van der Waals surface area contributed by atoms with Crippen molar-refractivity contribution in [3.8, 4) is 0 Å². The average Bonchev–Trinajstić information content (AvgIpc) is 3.67. The Bertz CT molecular complexity index is 2180. The summed E-state index contributed by atoms with van der Waals surface area (Å²) in [6.07, 6.45) is 5.58. The number of imide groups is 2. The van der Waals surface area contributed by atoms with Crippen molar-refractivity contribution in [2.45, 2.75) is 62.6 Å². The number of likely N-dealkylation sites (N-methyl/N-ethyl adjacent to an activating group) is 1. The van der Waals surface area contributed by atoms with Crippen molar-refractivity contribution in [3.63, 3.8) is 0 Å². The highest BCUT2D eigenvalue weighted by Crippen LogP contribution is 2.36. The second-order valence-corrected chi connectivity index (χ2v) is 16.2. The predicted octanol–water partition coefficient (Wildman–Crippen LogP) is 2.12. The minimum absolute atomic E-state index is 0.0562. The van der Waals surface area contributed by atoms with E-state index in [4.69, 9.17) is 10.7 Å². The molecular formula is C41H47N11O6. The van der Waals surface area contributed by atoms with Gasteiger partial charge in [0.2, 0.25) is 11.8 Å². The normalized spacial score (nSPS) is 23.4.